The fraction of sp³-hybridized carbons (Fsp3) is 0.389. The molecule has 1 aliphatic heterocycles. The Labute approximate surface area is 134 Å². The Hall–Kier alpha value is -2.14. The van der Waals surface area contributed by atoms with Gasteiger partial charge in [-0.15, -0.1) is 0 Å². The second kappa shape index (κ2) is 5.49. The predicted molar refractivity (Wildman–Crippen MR) is 84.2 cm³/mol. The lowest BCUT2D eigenvalue weighted by Gasteiger charge is -2.17. The summed E-state index contributed by atoms with van der Waals surface area (Å²) in [6, 6.07) is 9.85. The number of hydrogen-bond donors (Lipinski definition) is 1. The van der Waals surface area contributed by atoms with Gasteiger partial charge in [0, 0.05) is 19.1 Å². The molecule has 5 heteroatoms. The van der Waals surface area contributed by atoms with Gasteiger partial charge in [0.25, 0.3) is 5.91 Å². The summed E-state index contributed by atoms with van der Waals surface area (Å²) in [5.74, 6) is 1.06. The summed E-state index contributed by atoms with van der Waals surface area (Å²) in [7, 11) is 0. The molecule has 1 aliphatic carbocycles. The van der Waals surface area contributed by atoms with E-state index in [1.165, 1.54) is 6.07 Å². The van der Waals surface area contributed by atoms with Gasteiger partial charge in [0.05, 0.1) is 5.56 Å². The minimum Gasteiger partial charge on any atom is -0.451 e. The van der Waals surface area contributed by atoms with E-state index < -0.39 is 0 Å². The van der Waals surface area contributed by atoms with Crippen LogP contribution in [-0.4, -0.2) is 29.9 Å². The first-order chi connectivity index (χ1) is 11.1. The lowest BCUT2D eigenvalue weighted by molar-refractivity contribution is 0.0749. The van der Waals surface area contributed by atoms with Gasteiger partial charge in [0.2, 0.25) is 0 Å². The maximum atomic E-state index is 13.8. The average molecular weight is 314 g/mol. The smallest absolute Gasteiger partial charge is 0.289 e. The van der Waals surface area contributed by atoms with Crippen molar-refractivity contribution in [3.8, 4) is 11.3 Å². The fourth-order valence-electron chi connectivity index (χ4n) is 3.89. The number of likely N-dealkylation sites (tertiary alicyclic amines) is 1. The van der Waals surface area contributed by atoms with E-state index in [2.05, 4.69) is 0 Å². The predicted octanol–water partition coefficient (Wildman–Crippen LogP) is 2.90. The molecule has 2 aliphatic rings. The van der Waals surface area contributed by atoms with E-state index in [4.69, 9.17) is 10.2 Å². The monoisotopic (exact) mass is 314 g/mol. The van der Waals surface area contributed by atoms with Crippen molar-refractivity contribution in [2.75, 3.05) is 13.1 Å². The van der Waals surface area contributed by atoms with Gasteiger partial charge in [-0.1, -0.05) is 12.1 Å². The Balaban J connectivity index is 1.53. The first kappa shape index (κ1) is 14.5. The molecule has 1 amide bonds. The molecule has 1 saturated carbocycles. The highest BCUT2D eigenvalue weighted by Gasteiger charge is 2.43. The van der Waals surface area contributed by atoms with Crippen molar-refractivity contribution in [1.82, 2.24) is 4.90 Å². The summed E-state index contributed by atoms with van der Waals surface area (Å²) < 4.78 is 19.4. The molecule has 23 heavy (non-hydrogen) atoms. The second-order valence-corrected chi connectivity index (χ2v) is 6.52. The number of fused-ring (bicyclic) bond motifs is 1. The van der Waals surface area contributed by atoms with Crippen LogP contribution in [0.25, 0.3) is 11.3 Å². The maximum absolute atomic E-state index is 13.8. The van der Waals surface area contributed by atoms with Crippen LogP contribution in [0.2, 0.25) is 0 Å². The van der Waals surface area contributed by atoms with E-state index in [0.29, 0.717) is 29.7 Å². The fourth-order valence-corrected chi connectivity index (χ4v) is 3.89. The molecule has 0 radical (unpaired) electrons. The van der Waals surface area contributed by atoms with Crippen LogP contribution in [0.3, 0.4) is 0 Å². The summed E-state index contributed by atoms with van der Waals surface area (Å²) in [6.07, 6.45) is 2.14. The Morgan fingerprint density at radius 2 is 2.00 bits per heavy atom. The van der Waals surface area contributed by atoms with Gasteiger partial charge in [-0.05, 0) is 48.9 Å². The first-order valence-corrected chi connectivity index (χ1v) is 8.03. The number of rotatable bonds is 2. The first-order valence-electron chi connectivity index (χ1n) is 8.03. The topological polar surface area (TPSA) is 59.5 Å². The van der Waals surface area contributed by atoms with E-state index in [1.54, 1.807) is 30.3 Å². The molecule has 2 fully saturated rings. The Bertz CT molecular complexity index is 742. The van der Waals surface area contributed by atoms with Crippen LogP contribution in [0.15, 0.2) is 40.8 Å². The number of carbonyl (C=O) groups excluding carboxylic acids is 1. The van der Waals surface area contributed by atoms with Gasteiger partial charge in [-0.25, -0.2) is 4.39 Å². The van der Waals surface area contributed by atoms with Gasteiger partial charge in [-0.3, -0.25) is 4.79 Å². The number of amides is 1. The molecule has 4 rings (SSSR count). The van der Waals surface area contributed by atoms with Gasteiger partial charge in [0.15, 0.2) is 5.76 Å². The minimum atomic E-state index is -0.359. The number of hydrogen-bond acceptors (Lipinski definition) is 3. The molecule has 1 saturated heterocycles. The third-order valence-corrected chi connectivity index (χ3v) is 5.16. The van der Waals surface area contributed by atoms with Crippen LogP contribution in [0, 0.1) is 17.7 Å². The zero-order valence-corrected chi connectivity index (χ0v) is 12.7. The zero-order valence-electron chi connectivity index (χ0n) is 12.7. The third kappa shape index (κ3) is 2.45. The van der Waals surface area contributed by atoms with E-state index in [1.807, 2.05) is 4.90 Å². The Morgan fingerprint density at radius 3 is 2.78 bits per heavy atom. The summed E-state index contributed by atoms with van der Waals surface area (Å²) in [4.78, 5) is 14.4. The van der Waals surface area contributed by atoms with Crippen molar-refractivity contribution < 1.29 is 13.6 Å². The van der Waals surface area contributed by atoms with Crippen molar-refractivity contribution in [1.29, 1.82) is 0 Å². The highest BCUT2D eigenvalue weighted by Crippen LogP contribution is 2.38. The molecule has 2 N–H and O–H groups in total. The largest absolute Gasteiger partial charge is 0.451 e. The Kier molecular flexibility index (Phi) is 3.45. The molecule has 0 spiro atoms. The van der Waals surface area contributed by atoms with Gasteiger partial charge in [0.1, 0.15) is 11.6 Å². The molecule has 1 aromatic carbocycles. The van der Waals surface area contributed by atoms with E-state index in [9.17, 15) is 9.18 Å². The van der Waals surface area contributed by atoms with Crippen LogP contribution in [-0.2, 0) is 0 Å². The molecule has 3 unspecified atom stereocenters. The van der Waals surface area contributed by atoms with Crippen LogP contribution < -0.4 is 5.73 Å². The van der Waals surface area contributed by atoms with Gasteiger partial charge in [-0.2, -0.15) is 0 Å². The summed E-state index contributed by atoms with van der Waals surface area (Å²) in [5, 5.41) is 0. The standard InChI is InChI=1S/C18H19FN2O2/c19-14-4-2-1-3-12(14)16-7-8-17(23-16)18(22)21-9-11-5-6-15(20)13(11)10-21/h1-4,7-8,11,13,15H,5-6,9-10,20H2. The average Bonchev–Trinajstić information content (AvgIpc) is 3.25. The van der Waals surface area contributed by atoms with Crippen molar-refractivity contribution in [2.24, 2.45) is 17.6 Å². The van der Waals surface area contributed by atoms with E-state index >= 15 is 0 Å². The zero-order chi connectivity index (χ0) is 16.0. The Morgan fingerprint density at radius 1 is 1.17 bits per heavy atom. The molecular formula is C18H19FN2O2. The lowest BCUT2D eigenvalue weighted by Crippen LogP contribution is -2.33. The molecule has 4 nitrogen and oxygen atoms in total. The minimum absolute atomic E-state index is 0.130. The van der Waals surface area contributed by atoms with Crippen molar-refractivity contribution >= 4 is 5.91 Å². The van der Waals surface area contributed by atoms with Crippen molar-refractivity contribution in [2.45, 2.75) is 18.9 Å². The number of benzene rings is 1. The lowest BCUT2D eigenvalue weighted by atomic mass is 9.98. The number of furan rings is 1. The molecule has 3 atom stereocenters. The summed E-state index contributed by atoms with van der Waals surface area (Å²) >= 11 is 0. The van der Waals surface area contributed by atoms with Crippen LogP contribution in [0.5, 0.6) is 0 Å². The molecular weight excluding hydrogens is 295 g/mol. The SMILES string of the molecule is NC1CCC2CN(C(=O)c3ccc(-c4ccccc4F)o3)CC12. The number of nitrogens with zero attached hydrogens (tertiary/aromatic N) is 1. The van der Waals surface area contributed by atoms with Crippen LogP contribution >= 0.6 is 0 Å². The van der Waals surface area contributed by atoms with E-state index in [0.717, 1.165) is 19.4 Å². The van der Waals surface area contributed by atoms with E-state index in [-0.39, 0.29) is 23.5 Å². The summed E-state index contributed by atoms with van der Waals surface area (Å²) in [6.45, 7) is 1.44. The van der Waals surface area contributed by atoms with Crippen LogP contribution in [0.1, 0.15) is 23.4 Å². The third-order valence-electron chi connectivity index (χ3n) is 5.16. The quantitative estimate of drug-likeness (QED) is 0.927. The molecule has 2 heterocycles. The summed E-state index contributed by atoms with van der Waals surface area (Å²) in [5.41, 5.74) is 6.48. The highest BCUT2D eigenvalue weighted by atomic mass is 19.1. The molecule has 0 bridgehead atoms. The molecule has 1 aromatic heterocycles. The number of halogens is 1. The van der Waals surface area contributed by atoms with Gasteiger partial charge >= 0.3 is 0 Å². The van der Waals surface area contributed by atoms with Crippen molar-refractivity contribution in [3.05, 3.63) is 48.0 Å². The van der Waals surface area contributed by atoms with Gasteiger partial charge < -0.3 is 15.1 Å². The highest BCUT2D eigenvalue weighted by molar-refractivity contribution is 5.92. The van der Waals surface area contributed by atoms with Crippen LogP contribution in [0.4, 0.5) is 4.39 Å². The second-order valence-electron chi connectivity index (χ2n) is 6.52. The molecule has 120 valence electrons. The molecule has 2 aromatic rings. The number of nitrogens with two attached hydrogens (primary N) is 1. The number of carbonyl (C=O) groups is 1. The maximum Gasteiger partial charge on any atom is 0.289 e. The normalized spacial score (nSPS) is 26.5. The van der Waals surface area contributed by atoms with Crippen molar-refractivity contribution in [3.63, 3.8) is 0 Å².